The Morgan fingerprint density at radius 2 is 2.22 bits per heavy atom. The van der Waals surface area contributed by atoms with Crippen molar-refractivity contribution in [1.82, 2.24) is 15.0 Å². The Bertz CT molecular complexity index is 647. The minimum Gasteiger partial charge on any atom is -0.364 e. The van der Waals surface area contributed by atoms with Gasteiger partial charge in [0.1, 0.15) is 10.6 Å². The lowest BCUT2D eigenvalue weighted by Crippen LogP contribution is -2.11. The molecule has 0 aliphatic heterocycles. The van der Waals surface area contributed by atoms with Gasteiger partial charge in [-0.15, -0.1) is 22.7 Å². The van der Waals surface area contributed by atoms with E-state index in [0.717, 1.165) is 20.9 Å². The first-order chi connectivity index (χ1) is 8.86. The number of nitrogens with two attached hydrogens (primary N) is 1. The van der Waals surface area contributed by atoms with Gasteiger partial charge in [0.25, 0.3) is 0 Å². The highest BCUT2D eigenvalue weighted by molar-refractivity contribution is 7.16. The van der Waals surface area contributed by atoms with E-state index in [-0.39, 0.29) is 0 Å². The van der Waals surface area contributed by atoms with Gasteiger partial charge in [-0.25, -0.2) is 10.8 Å². The summed E-state index contributed by atoms with van der Waals surface area (Å²) in [7, 11) is 0. The van der Waals surface area contributed by atoms with Crippen LogP contribution in [-0.2, 0) is 6.54 Å². The Morgan fingerprint density at radius 1 is 1.28 bits per heavy atom. The molecule has 0 spiro atoms. The Morgan fingerprint density at radius 3 is 3.00 bits per heavy atom. The van der Waals surface area contributed by atoms with E-state index < -0.39 is 0 Å². The Labute approximate surface area is 111 Å². The van der Waals surface area contributed by atoms with Crippen molar-refractivity contribution in [1.29, 1.82) is 0 Å². The summed E-state index contributed by atoms with van der Waals surface area (Å²) in [6.45, 7) is 0.691. The third kappa shape index (κ3) is 2.13. The van der Waals surface area contributed by atoms with Crippen molar-refractivity contribution in [3.63, 3.8) is 0 Å². The molecule has 0 saturated heterocycles. The summed E-state index contributed by atoms with van der Waals surface area (Å²) in [5, 5.41) is 6.27. The number of thiophene rings is 1. The molecule has 4 N–H and O–H groups in total. The van der Waals surface area contributed by atoms with Gasteiger partial charge in [-0.05, 0) is 11.4 Å². The zero-order chi connectivity index (χ0) is 12.4. The SMILES string of the molecule is NNc1nc(NCc2cncs2)c2ccsc2n1. The Hall–Kier alpha value is -1.77. The number of hydrazine groups is 1. The zero-order valence-corrected chi connectivity index (χ0v) is 10.9. The molecular formula is C10H10N6S2. The van der Waals surface area contributed by atoms with Gasteiger partial charge >= 0.3 is 0 Å². The predicted octanol–water partition coefficient (Wildman–Crippen LogP) is 2.05. The third-order valence-electron chi connectivity index (χ3n) is 2.37. The maximum atomic E-state index is 5.36. The fourth-order valence-corrected chi connectivity index (χ4v) is 2.85. The second-order valence-corrected chi connectivity index (χ2v) is 5.37. The Balaban J connectivity index is 1.92. The number of nitrogens with zero attached hydrogens (tertiary/aromatic N) is 3. The van der Waals surface area contributed by atoms with Crippen LogP contribution in [0.4, 0.5) is 11.8 Å². The monoisotopic (exact) mass is 278 g/mol. The quantitative estimate of drug-likeness (QED) is 0.500. The van der Waals surface area contributed by atoms with Crippen LogP contribution < -0.4 is 16.6 Å². The minimum atomic E-state index is 0.414. The predicted molar refractivity (Wildman–Crippen MR) is 74.7 cm³/mol. The van der Waals surface area contributed by atoms with Crippen molar-refractivity contribution in [3.05, 3.63) is 28.0 Å². The second-order valence-electron chi connectivity index (χ2n) is 3.50. The molecule has 0 aliphatic rings. The van der Waals surface area contributed by atoms with Crippen LogP contribution in [0.1, 0.15) is 4.88 Å². The molecule has 0 unspecified atom stereocenters. The number of hydrogen-bond acceptors (Lipinski definition) is 8. The molecule has 8 heteroatoms. The molecule has 3 heterocycles. The van der Waals surface area contributed by atoms with Gasteiger partial charge in [0.2, 0.25) is 5.95 Å². The highest BCUT2D eigenvalue weighted by Crippen LogP contribution is 2.26. The standard InChI is InChI=1S/C10H10N6S2/c11-16-10-14-8(7-1-2-17-9(7)15-10)13-4-6-3-12-5-18-6/h1-3,5H,4,11H2,(H2,13,14,15,16). The van der Waals surface area contributed by atoms with Crippen LogP contribution in [0.25, 0.3) is 10.2 Å². The summed E-state index contributed by atoms with van der Waals surface area (Å²) >= 11 is 3.16. The molecule has 3 aromatic heterocycles. The number of nitrogens with one attached hydrogen (secondary N) is 2. The first kappa shape index (κ1) is 11.3. The van der Waals surface area contributed by atoms with Gasteiger partial charge in [-0.3, -0.25) is 10.4 Å². The number of rotatable bonds is 4. The Kier molecular flexibility index (Phi) is 3.05. The van der Waals surface area contributed by atoms with Crippen molar-refractivity contribution in [2.75, 3.05) is 10.7 Å². The fraction of sp³-hybridized carbons (Fsp3) is 0.100. The highest BCUT2D eigenvalue weighted by Gasteiger charge is 2.08. The van der Waals surface area contributed by atoms with Gasteiger partial charge < -0.3 is 5.32 Å². The van der Waals surface area contributed by atoms with E-state index in [1.54, 1.807) is 22.7 Å². The lowest BCUT2D eigenvalue weighted by Gasteiger charge is -2.07. The van der Waals surface area contributed by atoms with Crippen LogP contribution in [0.15, 0.2) is 23.2 Å². The van der Waals surface area contributed by atoms with Crippen LogP contribution >= 0.6 is 22.7 Å². The number of thiazole rings is 1. The number of aromatic nitrogens is 3. The van der Waals surface area contributed by atoms with Gasteiger partial charge in [-0.2, -0.15) is 4.98 Å². The van der Waals surface area contributed by atoms with Crippen molar-refractivity contribution < 1.29 is 0 Å². The number of nitrogen functional groups attached to an aromatic ring is 1. The molecule has 3 aromatic rings. The summed E-state index contributed by atoms with van der Waals surface area (Å²) in [5.74, 6) is 6.56. The summed E-state index contributed by atoms with van der Waals surface area (Å²) in [5.41, 5.74) is 4.29. The van der Waals surface area contributed by atoms with Gasteiger partial charge in [0.15, 0.2) is 0 Å². The second kappa shape index (κ2) is 4.84. The van der Waals surface area contributed by atoms with Crippen LogP contribution in [0, 0.1) is 0 Å². The van der Waals surface area contributed by atoms with E-state index >= 15 is 0 Å². The van der Waals surface area contributed by atoms with Crippen molar-refractivity contribution in [3.8, 4) is 0 Å². The maximum absolute atomic E-state index is 5.36. The minimum absolute atomic E-state index is 0.414. The normalized spacial score (nSPS) is 10.7. The smallest absolute Gasteiger partial charge is 0.240 e. The molecule has 0 aromatic carbocycles. The summed E-state index contributed by atoms with van der Waals surface area (Å²) in [6, 6.07) is 2.00. The molecule has 92 valence electrons. The van der Waals surface area contributed by atoms with Crippen LogP contribution in [0.5, 0.6) is 0 Å². The van der Waals surface area contributed by atoms with Crippen LogP contribution in [0.2, 0.25) is 0 Å². The molecule has 3 rings (SSSR count). The van der Waals surface area contributed by atoms with E-state index in [2.05, 4.69) is 25.7 Å². The number of anilines is 2. The lowest BCUT2D eigenvalue weighted by molar-refractivity contribution is 1.10. The van der Waals surface area contributed by atoms with E-state index in [1.807, 2.05) is 23.2 Å². The summed E-state index contributed by atoms with van der Waals surface area (Å²) < 4.78 is 0. The third-order valence-corrected chi connectivity index (χ3v) is 3.95. The van der Waals surface area contributed by atoms with Crippen molar-refractivity contribution in [2.24, 2.45) is 5.84 Å². The van der Waals surface area contributed by atoms with E-state index in [9.17, 15) is 0 Å². The molecular weight excluding hydrogens is 268 g/mol. The van der Waals surface area contributed by atoms with Gasteiger partial charge in [-0.1, -0.05) is 0 Å². The van der Waals surface area contributed by atoms with Crippen LogP contribution in [-0.4, -0.2) is 15.0 Å². The first-order valence-electron chi connectivity index (χ1n) is 5.20. The molecule has 0 radical (unpaired) electrons. The van der Waals surface area contributed by atoms with Gasteiger partial charge in [0, 0.05) is 11.1 Å². The first-order valence-corrected chi connectivity index (χ1v) is 6.96. The molecule has 0 saturated carbocycles. The molecule has 0 aliphatic carbocycles. The molecule has 0 fully saturated rings. The molecule has 0 bridgehead atoms. The van der Waals surface area contributed by atoms with Crippen molar-refractivity contribution >= 4 is 44.7 Å². The average Bonchev–Trinajstić information content (AvgIpc) is 3.06. The fourth-order valence-electron chi connectivity index (χ4n) is 1.55. The summed E-state index contributed by atoms with van der Waals surface area (Å²) in [6.07, 6.45) is 1.84. The molecule has 6 nitrogen and oxygen atoms in total. The van der Waals surface area contributed by atoms with Gasteiger partial charge in [0.05, 0.1) is 17.4 Å². The molecule has 0 amide bonds. The molecule has 0 atom stereocenters. The molecule has 18 heavy (non-hydrogen) atoms. The number of fused-ring (bicyclic) bond motifs is 1. The largest absolute Gasteiger partial charge is 0.364 e. The maximum Gasteiger partial charge on any atom is 0.240 e. The zero-order valence-electron chi connectivity index (χ0n) is 9.25. The summed E-state index contributed by atoms with van der Waals surface area (Å²) in [4.78, 5) is 14.7. The van der Waals surface area contributed by atoms with Crippen LogP contribution in [0.3, 0.4) is 0 Å². The highest BCUT2D eigenvalue weighted by atomic mass is 32.1. The van der Waals surface area contributed by atoms with E-state index in [0.29, 0.717) is 12.5 Å². The van der Waals surface area contributed by atoms with E-state index in [4.69, 9.17) is 5.84 Å². The lowest BCUT2D eigenvalue weighted by atomic mass is 10.3. The van der Waals surface area contributed by atoms with Crippen molar-refractivity contribution in [2.45, 2.75) is 6.54 Å². The topological polar surface area (TPSA) is 88.8 Å². The number of hydrogen-bond donors (Lipinski definition) is 3. The van der Waals surface area contributed by atoms with E-state index in [1.165, 1.54) is 0 Å². The average molecular weight is 278 g/mol.